The van der Waals surface area contributed by atoms with Crippen molar-refractivity contribution in [3.63, 3.8) is 0 Å². The highest BCUT2D eigenvalue weighted by Gasteiger charge is 2.14. The molecule has 0 saturated heterocycles. The Bertz CT molecular complexity index is 286. The Kier molecular flexibility index (Phi) is 4.84. The summed E-state index contributed by atoms with van der Waals surface area (Å²) in [7, 11) is 0. The van der Waals surface area contributed by atoms with E-state index in [1.165, 1.54) is 20.0 Å². The molecule has 3 nitrogen and oxygen atoms in total. The van der Waals surface area contributed by atoms with Crippen molar-refractivity contribution in [3.05, 3.63) is 24.0 Å². The van der Waals surface area contributed by atoms with Gasteiger partial charge in [0.2, 0.25) is 0 Å². The first-order valence-corrected chi connectivity index (χ1v) is 4.47. The van der Waals surface area contributed by atoms with Crippen LogP contribution in [0.25, 0.3) is 0 Å². The molecule has 0 aliphatic heterocycles. The average Bonchev–Trinajstić information content (AvgIpc) is 2.00. The molecular weight excluding hydrogens is 178 g/mol. The quantitative estimate of drug-likeness (QED) is 0.629. The first-order valence-electron chi connectivity index (χ1n) is 4.47. The molecule has 3 heteroatoms. The normalized spacial score (nSPS) is 9.14. The smallest absolute Gasteiger partial charge is 0.176 e. The third kappa shape index (κ3) is 3.56. The molecule has 0 N–H and O–H groups in total. The minimum Gasteiger partial charge on any atom is -0.338 e. The number of carbonyl (C=O) groups excluding carboxylic acids is 2. The Morgan fingerprint density at radius 1 is 1.21 bits per heavy atom. The second-order valence-electron chi connectivity index (χ2n) is 3.42. The minimum atomic E-state index is -0.0499. The molecule has 14 heavy (non-hydrogen) atoms. The number of ketones is 2. The van der Waals surface area contributed by atoms with Crippen molar-refractivity contribution in [3.8, 4) is 0 Å². The van der Waals surface area contributed by atoms with Gasteiger partial charge in [-0.15, -0.1) is 0 Å². The van der Waals surface area contributed by atoms with E-state index in [2.05, 4.69) is 6.58 Å². The van der Waals surface area contributed by atoms with Crippen LogP contribution in [0.3, 0.4) is 0 Å². The van der Waals surface area contributed by atoms with Gasteiger partial charge in [0.15, 0.2) is 5.78 Å². The molecule has 0 heterocycles. The molecule has 0 radical (unpaired) electrons. The number of hydrogen-bond donors (Lipinski definition) is 0. The predicted molar refractivity (Wildman–Crippen MR) is 56.6 cm³/mol. The molecule has 0 aliphatic carbocycles. The van der Waals surface area contributed by atoms with E-state index in [4.69, 9.17) is 0 Å². The summed E-state index contributed by atoms with van der Waals surface area (Å²) in [5, 5.41) is 0. The van der Waals surface area contributed by atoms with Gasteiger partial charge in [0.05, 0.1) is 12.2 Å². The molecule has 0 atom stereocenters. The van der Waals surface area contributed by atoms with Gasteiger partial charge in [-0.2, -0.15) is 0 Å². The summed E-state index contributed by atoms with van der Waals surface area (Å²) in [5.74, 6) is -0.0453. The summed E-state index contributed by atoms with van der Waals surface area (Å²) in [5.41, 5.74) is 1.44. The predicted octanol–water partition coefficient (Wildman–Crippen LogP) is 1.90. The van der Waals surface area contributed by atoms with Crippen LogP contribution in [0.5, 0.6) is 0 Å². The first kappa shape index (κ1) is 12.6. The maximum atomic E-state index is 11.3. The molecule has 0 aromatic carbocycles. The number of allylic oxidation sites excluding steroid dienone is 2. The van der Waals surface area contributed by atoms with Gasteiger partial charge < -0.3 is 4.90 Å². The lowest BCUT2D eigenvalue weighted by molar-refractivity contribution is -0.118. The summed E-state index contributed by atoms with van der Waals surface area (Å²) in [6.45, 7) is 10.4. The Morgan fingerprint density at radius 2 is 1.71 bits per heavy atom. The zero-order chi connectivity index (χ0) is 11.3. The number of nitrogens with zero attached hydrogens (tertiary/aromatic N) is 1. The molecule has 0 unspecified atom stereocenters. The van der Waals surface area contributed by atoms with Gasteiger partial charge in [-0.05, 0) is 32.5 Å². The van der Waals surface area contributed by atoms with E-state index in [-0.39, 0.29) is 18.1 Å². The number of rotatable bonds is 5. The second kappa shape index (κ2) is 5.37. The summed E-state index contributed by atoms with van der Waals surface area (Å²) in [6.07, 6.45) is 1.51. The van der Waals surface area contributed by atoms with Gasteiger partial charge in [0.25, 0.3) is 0 Å². The SMILES string of the molecule is C=CN(CC(C)=O)C(C(C)=O)=C(C)C. The standard InChI is InChI=1S/C11H17NO2/c1-6-12(7-9(4)13)11(8(2)3)10(5)14/h6H,1,7H2,2-5H3. The van der Waals surface area contributed by atoms with Crippen molar-refractivity contribution in [2.24, 2.45) is 0 Å². The third-order valence-electron chi connectivity index (χ3n) is 1.71. The van der Waals surface area contributed by atoms with Crippen LogP contribution >= 0.6 is 0 Å². The van der Waals surface area contributed by atoms with Crippen LogP contribution in [0.1, 0.15) is 27.7 Å². The van der Waals surface area contributed by atoms with E-state index in [0.717, 1.165) is 5.57 Å². The van der Waals surface area contributed by atoms with Crippen molar-refractivity contribution in [1.29, 1.82) is 0 Å². The lowest BCUT2D eigenvalue weighted by Crippen LogP contribution is -2.27. The zero-order valence-corrected chi connectivity index (χ0v) is 9.26. The molecular formula is C11H17NO2. The fourth-order valence-electron chi connectivity index (χ4n) is 1.32. The number of Topliss-reactive ketones (excluding diaryl/α,β-unsaturated/α-hetero) is 2. The average molecular weight is 195 g/mol. The highest BCUT2D eigenvalue weighted by Crippen LogP contribution is 2.11. The largest absolute Gasteiger partial charge is 0.338 e. The minimum absolute atomic E-state index is 0.00454. The van der Waals surface area contributed by atoms with Gasteiger partial charge in [-0.25, -0.2) is 0 Å². The molecule has 0 rings (SSSR count). The molecule has 0 saturated carbocycles. The van der Waals surface area contributed by atoms with E-state index in [9.17, 15) is 9.59 Å². The maximum absolute atomic E-state index is 11.3. The summed E-state index contributed by atoms with van der Waals surface area (Å²) in [6, 6.07) is 0. The molecule has 0 aliphatic rings. The highest BCUT2D eigenvalue weighted by atomic mass is 16.1. The summed E-state index contributed by atoms with van der Waals surface area (Å²) >= 11 is 0. The number of hydrogen-bond acceptors (Lipinski definition) is 3. The van der Waals surface area contributed by atoms with E-state index >= 15 is 0 Å². The molecule has 0 bridgehead atoms. The van der Waals surface area contributed by atoms with Gasteiger partial charge in [-0.3, -0.25) is 9.59 Å². The molecule has 78 valence electrons. The van der Waals surface area contributed by atoms with Crippen LogP contribution in [0.15, 0.2) is 24.0 Å². The van der Waals surface area contributed by atoms with Gasteiger partial charge >= 0.3 is 0 Å². The van der Waals surface area contributed by atoms with Gasteiger partial charge in [0, 0.05) is 6.92 Å². The van der Waals surface area contributed by atoms with Crippen molar-refractivity contribution in [2.75, 3.05) is 6.54 Å². The Hall–Kier alpha value is -1.38. The third-order valence-corrected chi connectivity index (χ3v) is 1.71. The van der Waals surface area contributed by atoms with Crippen molar-refractivity contribution >= 4 is 11.6 Å². The van der Waals surface area contributed by atoms with E-state index in [1.807, 2.05) is 13.8 Å². The lowest BCUT2D eigenvalue weighted by Gasteiger charge is -2.21. The van der Waals surface area contributed by atoms with Crippen LogP contribution in [0.4, 0.5) is 0 Å². The Balaban J connectivity index is 4.98. The molecule has 0 aromatic heterocycles. The van der Waals surface area contributed by atoms with E-state index < -0.39 is 0 Å². The Morgan fingerprint density at radius 3 is 1.93 bits per heavy atom. The molecule has 0 aromatic rings. The van der Waals surface area contributed by atoms with Crippen LogP contribution in [-0.4, -0.2) is 23.0 Å². The van der Waals surface area contributed by atoms with Crippen molar-refractivity contribution in [2.45, 2.75) is 27.7 Å². The van der Waals surface area contributed by atoms with Crippen LogP contribution in [-0.2, 0) is 9.59 Å². The fraction of sp³-hybridized carbons (Fsp3) is 0.455. The monoisotopic (exact) mass is 195 g/mol. The van der Waals surface area contributed by atoms with Crippen LogP contribution in [0.2, 0.25) is 0 Å². The van der Waals surface area contributed by atoms with Crippen LogP contribution in [0, 0.1) is 0 Å². The Labute approximate surface area is 85.1 Å². The van der Waals surface area contributed by atoms with E-state index in [0.29, 0.717) is 5.70 Å². The van der Waals surface area contributed by atoms with Crippen molar-refractivity contribution < 1.29 is 9.59 Å². The lowest BCUT2D eigenvalue weighted by atomic mass is 10.1. The zero-order valence-electron chi connectivity index (χ0n) is 9.26. The van der Waals surface area contributed by atoms with Crippen LogP contribution < -0.4 is 0 Å². The topological polar surface area (TPSA) is 37.4 Å². The van der Waals surface area contributed by atoms with Gasteiger partial charge in [-0.1, -0.05) is 6.58 Å². The second-order valence-corrected chi connectivity index (χ2v) is 3.42. The first-order chi connectivity index (χ1) is 6.40. The highest BCUT2D eigenvalue weighted by molar-refractivity contribution is 5.94. The molecule has 0 spiro atoms. The van der Waals surface area contributed by atoms with E-state index in [1.54, 1.807) is 4.90 Å². The van der Waals surface area contributed by atoms with Gasteiger partial charge in [0.1, 0.15) is 5.78 Å². The number of carbonyl (C=O) groups is 2. The maximum Gasteiger partial charge on any atom is 0.176 e. The summed E-state index contributed by atoms with van der Waals surface area (Å²) < 4.78 is 0. The fourth-order valence-corrected chi connectivity index (χ4v) is 1.32. The molecule has 0 fully saturated rings. The molecule has 0 amide bonds. The summed E-state index contributed by atoms with van der Waals surface area (Å²) in [4.78, 5) is 23.8. The van der Waals surface area contributed by atoms with Crippen molar-refractivity contribution in [1.82, 2.24) is 4.90 Å².